The number of aryl methyl sites for hydroxylation is 2. The topological polar surface area (TPSA) is 21.3 Å². The molecule has 2 heteroatoms. The average Bonchev–Trinajstić information content (AvgIpc) is 2.42. The zero-order valence-corrected chi connectivity index (χ0v) is 12.4. The minimum atomic E-state index is 0.0325. The molecule has 0 aromatic heterocycles. The summed E-state index contributed by atoms with van der Waals surface area (Å²) in [5, 5.41) is 3.17. The summed E-state index contributed by atoms with van der Waals surface area (Å²) in [4.78, 5) is 0. The molecule has 0 radical (unpaired) electrons. The molecule has 0 bridgehead atoms. The molecule has 0 atom stereocenters. The molecule has 2 nitrogen and oxygen atoms in total. The smallest absolute Gasteiger partial charge is 0.0669 e. The third-order valence-corrected chi connectivity index (χ3v) is 4.48. The van der Waals surface area contributed by atoms with Crippen molar-refractivity contribution in [2.75, 3.05) is 25.6 Å². The van der Waals surface area contributed by atoms with Crippen LogP contribution in [-0.2, 0) is 10.2 Å². The molecule has 2 aromatic rings. The zero-order valence-electron chi connectivity index (χ0n) is 12.4. The van der Waals surface area contributed by atoms with Crippen LogP contribution in [0.4, 0.5) is 5.69 Å². The molecule has 2 aromatic carbocycles. The van der Waals surface area contributed by atoms with Crippen LogP contribution < -0.4 is 5.32 Å². The van der Waals surface area contributed by atoms with E-state index in [1.54, 1.807) is 0 Å². The number of hydrogen-bond donors (Lipinski definition) is 1. The second-order valence-electron chi connectivity index (χ2n) is 5.70. The first-order valence-corrected chi connectivity index (χ1v) is 7.09. The lowest BCUT2D eigenvalue weighted by Crippen LogP contribution is -2.47. The SMILES string of the molecule is CNc1ccc(C2(c3ccc(C)c(C)c3)COC2)cc1. The molecule has 1 N–H and O–H groups in total. The summed E-state index contributed by atoms with van der Waals surface area (Å²) in [6, 6.07) is 15.5. The predicted octanol–water partition coefficient (Wildman–Crippen LogP) is 3.66. The van der Waals surface area contributed by atoms with Crippen molar-refractivity contribution >= 4 is 5.69 Å². The van der Waals surface area contributed by atoms with E-state index in [9.17, 15) is 0 Å². The minimum Gasteiger partial charge on any atom is -0.388 e. The maximum absolute atomic E-state index is 5.56. The van der Waals surface area contributed by atoms with Gasteiger partial charge in [0.25, 0.3) is 0 Å². The van der Waals surface area contributed by atoms with E-state index >= 15 is 0 Å². The maximum Gasteiger partial charge on any atom is 0.0669 e. The van der Waals surface area contributed by atoms with Crippen LogP contribution in [0.3, 0.4) is 0 Å². The molecule has 104 valence electrons. The fourth-order valence-corrected chi connectivity index (χ4v) is 2.80. The highest BCUT2D eigenvalue weighted by Gasteiger charge is 2.42. The van der Waals surface area contributed by atoms with E-state index in [1.165, 1.54) is 22.3 Å². The first kappa shape index (κ1) is 13.2. The van der Waals surface area contributed by atoms with Crippen LogP contribution in [0.25, 0.3) is 0 Å². The van der Waals surface area contributed by atoms with Crippen molar-refractivity contribution in [2.24, 2.45) is 0 Å². The van der Waals surface area contributed by atoms with E-state index in [2.05, 4.69) is 61.6 Å². The molecule has 1 fully saturated rings. The monoisotopic (exact) mass is 267 g/mol. The molecular formula is C18H21NO. The summed E-state index contributed by atoms with van der Waals surface area (Å²) in [5.41, 5.74) is 6.57. The first-order valence-electron chi connectivity index (χ1n) is 7.09. The Morgan fingerprint density at radius 1 is 0.900 bits per heavy atom. The summed E-state index contributed by atoms with van der Waals surface area (Å²) < 4.78 is 5.56. The predicted molar refractivity (Wildman–Crippen MR) is 83.5 cm³/mol. The van der Waals surface area contributed by atoms with Gasteiger partial charge in [0.05, 0.1) is 18.6 Å². The van der Waals surface area contributed by atoms with Crippen molar-refractivity contribution in [1.82, 2.24) is 0 Å². The van der Waals surface area contributed by atoms with Crippen LogP contribution in [0.1, 0.15) is 22.3 Å². The van der Waals surface area contributed by atoms with Gasteiger partial charge in [-0.2, -0.15) is 0 Å². The van der Waals surface area contributed by atoms with E-state index < -0.39 is 0 Å². The van der Waals surface area contributed by atoms with Crippen LogP contribution in [0.2, 0.25) is 0 Å². The molecule has 1 aliphatic rings. The van der Waals surface area contributed by atoms with Gasteiger partial charge in [0.2, 0.25) is 0 Å². The van der Waals surface area contributed by atoms with E-state index in [-0.39, 0.29) is 5.41 Å². The lowest BCUT2D eigenvalue weighted by molar-refractivity contribution is -0.0380. The summed E-state index contributed by atoms with van der Waals surface area (Å²) in [7, 11) is 1.95. The lowest BCUT2D eigenvalue weighted by Gasteiger charge is -2.43. The molecular weight excluding hydrogens is 246 g/mol. The quantitative estimate of drug-likeness (QED) is 0.916. The Morgan fingerprint density at radius 2 is 1.55 bits per heavy atom. The third-order valence-electron chi connectivity index (χ3n) is 4.48. The molecule has 20 heavy (non-hydrogen) atoms. The molecule has 0 spiro atoms. The van der Waals surface area contributed by atoms with Crippen molar-refractivity contribution < 1.29 is 4.74 Å². The summed E-state index contributed by atoms with van der Waals surface area (Å²) in [5.74, 6) is 0. The van der Waals surface area contributed by atoms with Crippen LogP contribution >= 0.6 is 0 Å². The molecule has 0 unspecified atom stereocenters. The largest absolute Gasteiger partial charge is 0.388 e. The number of anilines is 1. The highest BCUT2D eigenvalue weighted by molar-refractivity contribution is 5.50. The van der Waals surface area contributed by atoms with E-state index in [0.29, 0.717) is 0 Å². The van der Waals surface area contributed by atoms with Crippen molar-refractivity contribution in [2.45, 2.75) is 19.3 Å². The van der Waals surface area contributed by atoms with Gasteiger partial charge in [-0.1, -0.05) is 30.3 Å². The maximum atomic E-state index is 5.56. The van der Waals surface area contributed by atoms with Gasteiger partial charge in [0, 0.05) is 12.7 Å². The van der Waals surface area contributed by atoms with Crippen LogP contribution in [0.5, 0.6) is 0 Å². The second kappa shape index (κ2) is 4.95. The highest BCUT2D eigenvalue weighted by Crippen LogP contribution is 2.40. The third kappa shape index (κ3) is 2.01. The van der Waals surface area contributed by atoms with E-state index in [0.717, 1.165) is 18.9 Å². The standard InChI is InChI=1S/C18H21NO/c1-13-4-5-16(10-14(13)2)18(11-20-12-18)15-6-8-17(19-3)9-7-15/h4-10,19H,11-12H2,1-3H3. The van der Waals surface area contributed by atoms with Gasteiger partial charge >= 0.3 is 0 Å². The Kier molecular flexibility index (Phi) is 3.27. The van der Waals surface area contributed by atoms with E-state index in [1.807, 2.05) is 7.05 Å². The number of hydrogen-bond acceptors (Lipinski definition) is 2. The van der Waals surface area contributed by atoms with Crippen LogP contribution in [0.15, 0.2) is 42.5 Å². The molecule has 0 saturated carbocycles. The van der Waals surface area contributed by atoms with Gasteiger partial charge in [-0.15, -0.1) is 0 Å². The normalized spacial score (nSPS) is 16.6. The van der Waals surface area contributed by atoms with Gasteiger partial charge in [0.1, 0.15) is 0 Å². The minimum absolute atomic E-state index is 0.0325. The van der Waals surface area contributed by atoms with E-state index in [4.69, 9.17) is 4.74 Å². The molecule has 1 heterocycles. The van der Waals surface area contributed by atoms with Crippen molar-refractivity contribution in [3.05, 3.63) is 64.7 Å². The highest BCUT2D eigenvalue weighted by atomic mass is 16.5. The lowest BCUT2D eigenvalue weighted by atomic mass is 9.72. The molecule has 0 amide bonds. The average molecular weight is 267 g/mol. The van der Waals surface area contributed by atoms with Gasteiger partial charge in [-0.05, 0) is 48.2 Å². The number of benzene rings is 2. The van der Waals surface area contributed by atoms with Crippen molar-refractivity contribution in [3.63, 3.8) is 0 Å². The van der Waals surface area contributed by atoms with Gasteiger partial charge in [-0.3, -0.25) is 0 Å². The Bertz CT molecular complexity index is 612. The van der Waals surface area contributed by atoms with Crippen molar-refractivity contribution in [3.8, 4) is 0 Å². The molecule has 1 saturated heterocycles. The molecule has 3 rings (SSSR count). The Labute approximate surface area is 120 Å². The number of nitrogens with one attached hydrogen (secondary N) is 1. The zero-order chi connectivity index (χ0) is 14.2. The Morgan fingerprint density at radius 3 is 2.05 bits per heavy atom. The first-order chi connectivity index (χ1) is 9.65. The Hall–Kier alpha value is -1.80. The molecule has 0 aliphatic carbocycles. The number of rotatable bonds is 3. The van der Waals surface area contributed by atoms with Crippen LogP contribution in [0, 0.1) is 13.8 Å². The van der Waals surface area contributed by atoms with Gasteiger partial charge in [0.15, 0.2) is 0 Å². The van der Waals surface area contributed by atoms with Gasteiger partial charge in [-0.25, -0.2) is 0 Å². The summed E-state index contributed by atoms with van der Waals surface area (Å²) >= 11 is 0. The fourth-order valence-electron chi connectivity index (χ4n) is 2.80. The van der Waals surface area contributed by atoms with Gasteiger partial charge < -0.3 is 10.1 Å². The van der Waals surface area contributed by atoms with Crippen LogP contribution in [-0.4, -0.2) is 20.3 Å². The second-order valence-corrected chi connectivity index (χ2v) is 5.70. The number of ether oxygens (including phenoxy) is 1. The molecule has 1 aliphatic heterocycles. The summed E-state index contributed by atoms with van der Waals surface area (Å²) in [6.07, 6.45) is 0. The fraction of sp³-hybridized carbons (Fsp3) is 0.333. The van der Waals surface area contributed by atoms with Crippen molar-refractivity contribution in [1.29, 1.82) is 0 Å². The Balaban J connectivity index is 2.03. The summed E-state index contributed by atoms with van der Waals surface area (Å²) in [6.45, 7) is 5.88.